The summed E-state index contributed by atoms with van der Waals surface area (Å²) in [6.07, 6.45) is 5.24. The number of hydrogen-bond acceptors (Lipinski definition) is 3. The van der Waals surface area contributed by atoms with Gasteiger partial charge in [-0.1, -0.05) is 40.0 Å². The Morgan fingerprint density at radius 3 is 2.55 bits per heavy atom. The van der Waals surface area contributed by atoms with Gasteiger partial charge in [-0.25, -0.2) is 4.79 Å². The fraction of sp³-hybridized carbons (Fsp3) is 0.800. The molecule has 0 aromatic heterocycles. The molecule has 1 saturated carbocycles. The van der Waals surface area contributed by atoms with E-state index in [0.717, 1.165) is 32.1 Å². The van der Waals surface area contributed by atoms with Crippen LogP contribution >= 0.6 is 0 Å². The van der Waals surface area contributed by atoms with Crippen molar-refractivity contribution in [1.29, 1.82) is 0 Å². The highest BCUT2D eigenvalue weighted by Crippen LogP contribution is 2.40. The van der Waals surface area contributed by atoms with E-state index in [-0.39, 0.29) is 17.4 Å². The standard InChI is InChI=1S/C15H24N2O3/c1-4-7-10-12(18)16-14(20)17(13(10)19)11-8-5-6-9-15(11,2)3/h10-11H,4-9H2,1-3H3,(H,16,18,20). The summed E-state index contributed by atoms with van der Waals surface area (Å²) in [6, 6.07) is -0.636. The summed E-state index contributed by atoms with van der Waals surface area (Å²) >= 11 is 0. The highest BCUT2D eigenvalue weighted by molar-refractivity contribution is 6.16. The third-order valence-corrected chi connectivity index (χ3v) is 4.64. The van der Waals surface area contributed by atoms with E-state index >= 15 is 0 Å². The Kier molecular flexibility index (Phi) is 4.16. The van der Waals surface area contributed by atoms with E-state index in [1.807, 2.05) is 6.92 Å². The largest absolute Gasteiger partial charge is 0.331 e. The third-order valence-electron chi connectivity index (χ3n) is 4.64. The van der Waals surface area contributed by atoms with Crippen molar-refractivity contribution in [2.75, 3.05) is 0 Å². The third kappa shape index (κ3) is 2.58. The van der Waals surface area contributed by atoms with Gasteiger partial charge < -0.3 is 0 Å². The maximum Gasteiger partial charge on any atom is 0.331 e. The van der Waals surface area contributed by atoms with Crippen LogP contribution in [0, 0.1) is 11.3 Å². The molecule has 1 heterocycles. The number of nitrogens with zero attached hydrogens (tertiary/aromatic N) is 1. The number of barbiturate groups is 1. The molecule has 2 aliphatic rings. The van der Waals surface area contributed by atoms with Crippen LogP contribution in [0.4, 0.5) is 4.79 Å². The van der Waals surface area contributed by atoms with Gasteiger partial charge in [0, 0.05) is 6.04 Å². The molecule has 0 aromatic rings. The SMILES string of the molecule is CCCC1C(=O)NC(=O)N(C2CCCCC2(C)C)C1=O. The molecule has 1 N–H and O–H groups in total. The normalized spacial score (nSPS) is 30.4. The number of nitrogens with one attached hydrogen (secondary N) is 1. The smallest absolute Gasteiger partial charge is 0.277 e. The lowest BCUT2D eigenvalue weighted by molar-refractivity contribution is -0.146. The van der Waals surface area contributed by atoms with Crippen LogP contribution in [0.25, 0.3) is 0 Å². The van der Waals surface area contributed by atoms with E-state index in [2.05, 4.69) is 19.2 Å². The highest BCUT2D eigenvalue weighted by Gasteiger charge is 2.47. The summed E-state index contributed by atoms with van der Waals surface area (Å²) in [6.45, 7) is 6.14. The van der Waals surface area contributed by atoms with Crippen molar-refractivity contribution in [3.8, 4) is 0 Å². The molecule has 2 unspecified atom stereocenters. The lowest BCUT2D eigenvalue weighted by Gasteiger charge is -2.46. The topological polar surface area (TPSA) is 66.5 Å². The number of carbonyl (C=O) groups is 3. The average molecular weight is 280 g/mol. The molecule has 0 aromatic carbocycles. The summed E-state index contributed by atoms with van der Waals surface area (Å²) in [5.41, 5.74) is -0.0810. The summed E-state index contributed by atoms with van der Waals surface area (Å²) in [4.78, 5) is 37.8. The number of imide groups is 2. The zero-order valence-electron chi connectivity index (χ0n) is 12.6. The summed E-state index contributed by atoms with van der Waals surface area (Å²) < 4.78 is 0. The number of hydrogen-bond donors (Lipinski definition) is 1. The quantitative estimate of drug-likeness (QED) is 0.807. The van der Waals surface area contributed by atoms with Crippen molar-refractivity contribution < 1.29 is 14.4 Å². The molecule has 0 radical (unpaired) electrons. The first-order valence-corrected chi connectivity index (χ1v) is 7.56. The van der Waals surface area contributed by atoms with Crippen LogP contribution in [-0.4, -0.2) is 28.8 Å². The van der Waals surface area contributed by atoms with Gasteiger partial charge >= 0.3 is 6.03 Å². The second kappa shape index (κ2) is 5.54. The minimum atomic E-state index is -0.699. The van der Waals surface area contributed by atoms with Gasteiger partial charge in [0.05, 0.1) is 0 Å². The van der Waals surface area contributed by atoms with Gasteiger partial charge in [0.1, 0.15) is 5.92 Å². The molecular weight excluding hydrogens is 256 g/mol. The maximum absolute atomic E-state index is 12.6. The molecule has 1 aliphatic carbocycles. The van der Waals surface area contributed by atoms with Crippen molar-refractivity contribution in [3.05, 3.63) is 0 Å². The molecule has 112 valence electrons. The summed E-state index contributed by atoms with van der Waals surface area (Å²) in [5, 5.41) is 2.36. The Bertz CT molecular complexity index is 431. The molecule has 2 rings (SSSR count). The van der Waals surface area contributed by atoms with Gasteiger partial charge in [-0.2, -0.15) is 0 Å². The molecule has 0 bridgehead atoms. The Hall–Kier alpha value is -1.39. The van der Waals surface area contributed by atoms with Crippen LogP contribution in [0.3, 0.4) is 0 Å². The Balaban J connectivity index is 2.26. The van der Waals surface area contributed by atoms with Crippen molar-refractivity contribution >= 4 is 17.8 Å². The molecular formula is C15H24N2O3. The second-order valence-corrected chi connectivity index (χ2v) is 6.59. The zero-order valence-corrected chi connectivity index (χ0v) is 12.6. The maximum atomic E-state index is 12.6. The molecule has 2 atom stereocenters. The highest BCUT2D eigenvalue weighted by atomic mass is 16.2. The van der Waals surface area contributed by atoms with E-state index < -0.39 is 17.9 Å². The van der Waals surface area contributed by atoms with Crippen molar-refractivity contribution in [2.45, 2.75) is 65.3 Å². The second-order valence-electron chi connectivity index (χ2n) is 6.59. The van der Waals surface area contributed by atoms with E-state index in [4.69, 9.17) is 0 Å². The molecule has 4 amide bonds. The predicted molar refractivity (Wildman–Crippen MR) is 74.8 cm³/mol. The fourth-order valence-electron chi connectivity index (χ4n) is 3.43. The molecule has 5 nitrogen and oxygen atoms in total. The van der Waals surface area contributed by atoms with Crippen LogP contribution in [-0.2, 0) is 9.59 Å². The van der Waals surface area contributed by atoms with E-state index in [1.54, 1.807) is 0 Å². The predicted octanol–water partition coefficient (Wildman–Crippen LogP) is 2.45. The van der Waals surface area contributed by atoms with Gasteiger partial charge in [0.2, 0.25) is 11.8 Å². The minimum Gasteiger partial charge on any atom is -0.277 e. The van der Waals surface area contributed by atoms with E-state index in [1.165, 1.54) is 4.90 Å². The fourth-order valence-corrected chi connectivity index (χ4v) is 3.43. The molecule has 1 aliphatic heterocycles. The lowest BCUT2D eigenvalue weighted by Crippen LogP contribution is -2.63. The molecule has 0 spiro atoms. The first-order valence-electron chi connectivity index (χ1n) is 7.56. The Labute approximate surface area is 120 Å². The first-order chi connectivity index (χ1) is 9.38. The number of rotatable bonds is 3. The monoisotopic (exact) mass is 280 g/mol. The van der Waals surface area contributed by atoms with Crippen LogP contribution in [0.5, 0.6) is 0 Å². The van der Waals surface area contributed by atoms with Gasteiger partial charge in [-0.05, 0) is 24.7 Å². The zero-order chi connectivity index (χ0) is 14.9. The average Bonchev–Trinajstić information content (AvgIpc) is 2.36. The van der Waals surface area contributed by atoms with Crippen LogP contribution < -0.4 is 5.32 Å². The number of urea groups is 1. The van der Waals surface area contributed by atoms with Crippen molar-refractivity contribution in [3.63, 3.8) is 0 Å². The van der Waals surface area contributed by atoms with Crippen LogP contribution in [0.15, 0.2) is 0 Å². The first kappa shape index (κ1) is 15.0. The van der Waals surface area contributed by atoms with Gasteiger partial charge in [-0.15, -0.1) is 0 Å². The van der Waals surface area contributed by atoms with Crippen molar-refractivity contribution in [2.24, 2.45) is 11.3 Å². The van der Waals surface area contributed by atoms with Crippen molar-refractivity contribution in [1.82, 2.24) is 10.2 Å². The van der Waals surface area contributed by atoms with Gasteiger partial charge in [0.25, 0.3) is 0 Å². The molecule has 5 heteroatoms. The van der Waals surface area contributed by atoms with Gasteiger partial charge in [0.15, 0.2) is 0 Å². The van der Waals surface area contributed by atoms with Crippen LogP contribution in [0.2, 0.25) is 0 Å². The van der Waals surface area contributed by atoms with Crippen LogP contribution in [0.1, 0.15) is 59.3 Å². The Morgan fingerprint density at radius 2 is 1.95 bits per heavy atom. The minimum absolute atomic E-state index is 0.0810. The number of amides is 4. The Morgan fingerprint density at radius 1 is 1.25 bits per heavy atom. The number of carbonyl (C=O) groups excluding carboxylic acids is 3. The lowest BCUT2D eigenvalue weighted by atomic mass is 9.72. The van der Waals surface area contributed by atoms with Gasteiger partial charge in [-0.3, -0.25) is 19.8 Å². The van der Waals surface area contributed by atoms with E-state index in [0.29, 0.717) is 6.42 Å². The molecule has 1 saturated heterocycles. The summed E-state index contributed by atoms with van der Waals surface area (Å²) in [5.74, 6) is -1.44. The summed E-state index contributed by atoms with van der Waals surface area (Å²) in [7, 11) is 0. The molecule has 2 fully saturated rings. The molecule has 20 heavy (non-hydrogen) atoms. The van der Waals surface area contributed by atoms with E-state index in [9.17, 15) is 14.4 Å².